The van der Waals surface area contributed by atoms with Gasteiger partial charge in [-0.2, -0.15) is 13.2 Å². The van der Waals surface area contributed by atoms with Gasteiger partial charge >= 0.3 is 12.1 Å². The number of halogens is 3. The zero-order chi connectivity index (χ0) is 22.6. The molecular formula is C24H19F3O3S. The van der Waals surface area contributed by atoms with Gasteiger partial charge in [-0.05, 0) is 48.4 Å². The molecule has 0 bridgehead atoms. The molecule has 0 unspecified atom stereocenters. The number of carbonyl (C=O) groups is 1. The molecule has 7 heteroatoms. The third-order valence-corrected chi connectivity index (χ3v) is 6.04. The molecule has 160 valence electrons. The zero-order valence-corrected chi connectivity index (χ0v) is 17.6. The van der Waals surface area contributed by atoms with Crippen LogP contribution in [0, 0.1) is 6.92 Å². The summed E-state index contributed by atoms with van der Waals surface area (Å²) < 4.78 is 59.7. The summed E-state index contributed by atoms with van der Waals surface area (Å²) in [6, 6.07) is 16.8. The summed E-state index contributed by atoms with van der Waals surface area (Å²) >= 11 is 0. The topological polar surface area (TPSA) is 43.4 Å². The van der Waals surface area contributed by atoms with E-state index in [1.54, 1.807) is 42.5 Å². The molecule has 0 radical (unpaired) electrons. The van der Waals surface area contributed by atoms with Gasteiger partial charge in [0.05, 0.1) is 28.4 Å². The van der Waals surface area contributed by atoms with Crippen LogP contribution in [0.25, 0.3) is 17.2 Å². The highest BCUT2D eigenvalue weighted by Gasteiger charge is 2.36. The first-order chi connectivity index (χ1) is 14.7. The smallest absolute Gasteiger partial charge is 0.417 e. The van der Waals surface area contributed by atoms with Crippen molar-refractivity contribution in [3.8, 4) is 11.1 Å². The van der Waals surface area contributed by atoms with Crippen LogP contribution in [0.15, 0.2) is 82.6 Å². The lowest BCUT2D eigenvalue weighted by molar-refractivity contribution is -0.137. The molecule has 3 aromatic carbocycles. The molecule has 3 nitrogen and oxygen atoms in total. The first-order valence-corrected chi connectivity index (χ1v) is 10.4. The Morgan fingerprint density at radius 3 is 2.29 bits per heavy atom. The molecule has 31 heavy (non-hydrogen) atoms. The van der Waals surface area contributed by atoms with Crippen molar-refractivity contribution in [3.05, 3.63) is 89.5 Å². The van der Waals surface area contributed by atoms with E-state index >= 15 is 0 Å². The van der Waals surface area contributed by atoms with Crippen LogP contribution in [-0.4, -0.2) is 17.3 Å². The van der Waals surface area contributed by atoms with Crippen molar-refractivity contribution in [1.29, 1.82) is 0 Å². The number of methoxy groups -OCH3 is 1. The highest BCUT2D eigenvalue weighted by atomic mass is 32.2. The second-order valence-corrected chi connectivity index (χ2v) is 8.15. The highest BCUT2D eigenvalue weighted by Crippen LogP contribution is 2.42. The van der Waals surface area contributed by atoms with Crippen LogP contribution in [-0.2, 0) is 26.5 Å². The molecule has 0 aliphatic carbocycles. The summed E-state index contributed by atoms with van der Waals surface area (Å²) in [7, 11) is -0.642. The van der Waals surface area contributed by atoms with Crippen LogP contribution in [0.2, 0.25) is 0 Å². The Hall–Kier alpha value is -3.19. The average Bonchev–Trinajstić information content (AvgIpc) is 2.76. The lowest BCUT2D eigenvalue weighted by Gasteiger charge is -2.18. The molecule has 3 aromatic rings. The average molecular weight is 444 g/mol. The molecule has 0 saturated carbocycles. The Morgan fingerprint density at radius 2 is 1.65 bits per heavy atom. The van der Waals surface area contributed by atoms with Gasteiger partial charge in [0.2, 0.25) is 0 Å². The van der Waals surface area contributed by atoms with Crippen LogP contribution in [0.3, 0.4) is 0 Å². The van der Waals surface area contributed by atoms with Crippen molar-refractivity contribution in [2.75, 3.05) is 7.11 Å². The summed E-state index contributed by atoms with van der Waals surface area (Å²) in [4.78, 5) is 11.9. The summed E-state index contributed by atoms with van der Waals surface area (Å²) in [6.07, 6.45) is -2.15. The Morgan fingerprint density at radius 1 is 0.968 bits per heavy atom. The second kappa shape index (κ2) is 9.31. The van der Waals surface area contributed by atoms with E-state index in [2.05, 4.69) is 4.74 Å². The van der Waals surface area contributed by atoms with E-state index in [1.165, 1.54) is 31.4 Å². The quantitative estimate of drug-likeness (QED) is 0.356. The fourth-order valence-electron chi connectivity index (χ4n) is 3.08. The predicted molar refractivity (Wildman–Crippen MR) is 114 cm³/mol. The normalized spacial score (nSPS) is 12.7. The largest absolute Gasteiger partial charge is 0.466 e. The van der Waals surface area contributed by atoms with E-state index in [1.807, 2.05) is 6.92 Å². The van der Waals surface area contributed by atoms with Gasteiger partial charge in [-0.3, -0.25) is 0 Å². The maximum atomic E-state index is 13.9. The lowest BCUT2D eigenvalue weighted by Crippen LogP contribution is -2.10. The predicted octanol–water partition coefficient (Wildman–Crippen LogP) is 6.03. The Balaban J connectivity index is 2.27. The van der Waals surface area contributed by atoms with Gasteiger partial charge in [0.15, 0.2) is 0 Å². The molecule has 0 amide bonds. The van der Waals surface area contributed by atoms with E-state index in [-0.39, 0.29) is 16.0 Å². The molecule has 0 spiro atoms. The molecule has 1 atom stereocenters. The van der Waals surface area contributed by atoms with Crippen molar-refractivity contribution < 1.29 is 26.9 Å². The molecule has 0 N–H and O–H groups in total. The van der Waals surface area contributed by atoms with Crippen LogP contribution in [0.4, 0.5) is 13.2 Å². The number of benzene rings is 3. The molecule has 0 heterocycles. The molecule has 0 aromatic heterocycles. The lowest BCUT2D eigenvalue weighted by atomic mass is 9.94. The molecule has 0 aliphatic heterocycles. The van der Waals surface area contributed by atoms with Crippen LogP contribution < -0.4 is 0 Å². The Kier molecular flexibility index (Phi) is 6.75. The monoisotopic (exact) mass is 444 g/mol. The maximum absolute atomic E-state index is 13.9. The first-order valence-electron chi connectivity index (χ1n) is 9.26. The van der Waals surface area contributed by atoms with Gasteiger partial charge in [0.1, 0.15) is 0 Å². The molecule has 0 aliphatic rings. The number of esters is 1. The number of aryl methyl sites for hydroxylation is 1. The van der Waals surface area contributed by atoms with Crippen molar-refractivity contribution >= 4 is 22.8 Å². The number of carbonyl (C=O) groups excluding carboxylic acids is 1. The molecule has 0 fully saturated rings. The Labute approximate surface area is 180 Å². The molecular weight excluding hydrogens is 425 g/mol. The van der Waals surface area contributed by atoms with Crippen molar-refractivity contribution in [2.45, 2.75) is 22.9 Å². The summed E-state index contributed by atoms with van der Waals surface area (Å²) in [5.41, 5.74) is 0.449. The first kappa shape index (κ1) is 22.5. The van der Waals surface area contributed by atoms with E-state index in [0.717, 1.165) is 17.7 Å². The SMILES string of the molecule is COC(=O)/C=C/c1ccccc1-c1c([S@@](=O)c2ccc(C)cc2)cccc1C(F)(F)F. The third-order valence-electron chi connectivity index (χ3n) is 4.60. The van der Waals surface area contributed by atoms with Gasteiger partial charge in [-0.1, -0.05) is 48.0 Å². The van der Waals surface area contributed by atoms with Gasteiger partial charge in [0, 0.05) is 16.5 Å². The minimum Gasteiger partial charge on any atom is -0.466 e. The highest BCUT2D eigenvalue weighted by molar-refractivity contribution is 7.85. The minimum absolute atomic E-state index is 0.0394. The molecule has 0 saturated heterocycles. The van der Waals surface area contributed by atoms with E-state index in [4.69, 9.17) is 0 Å². The van der Waals surface area contributed by atoms with E-state index in [0.29, 0.717) is 10.5 Å². The summed E-state index contributed by atoms with van der Waals surface area (Å²) in [6.45, 7) is 1.87. The maximum Gasteiger partial charge on any atom is 0.417 e. The zero-order valence-electron chi connectivity index (χ0n) is 16.8. The Bertz CT molecular complexity index is 1150. The fraction of sp³-hybridized carbons (Fsp3) is 0.125. The second-order valence-electron chi connectivity index (χ2n) is 6.70. The van der Waals surface area contributed by atoms with Gasteiger partial charge in [-0.25, -0.2) is 9.00 Å². The number of rotatable bonds is 5. The van der Waals surface area contributed by atoms with Crippen molar-refractivity contribution in [1.82, 2.24) is 0 Å². The minimum atomic E-state index is -4.66. The van der Waals surface area contributed by atoms with Gasteiger partial charge in [-0.15, -0.1) is 0 Å². The summed E-state index contributed by atoms with van der Waals surface area (Å²) in [5.74, 6) is -0.637. The van der Waals surface area contributed by atoms with Crippen molar-refractivity contribution in [3.63, 3.8) is 0 Å². The van der Waals surface area contributed by atoms with Crippen molar-refractivity contribution in [2.24, 2.45) is 0 Å². The standard InChI is InChI=1S/C24H19F3O3S/c1-16-10-13-18(14-11-16)31(29)21-9-5-8-20(24(25,26)27)23(21)19-7-4-3-6-17(19)12-15-22(28)30-2/h3-15H,1-2H3/b15-12+/t31-/m0/s1. The van der Waals surface area contributed by atoms with Gasteiger partial charge in [0.25, 0.3) is 0 Å². The number of hydrogen-bond acceptors (Lipinski definition) is 3. The van der Waals surface area contributed by atoms with Crippen LogP contribution in [0.1, 0.15) is 16.7 Å². The van der Waals surface area contributed by atoms with Crippen LogP contribution >= 0.6 is 0 Å². The number of hydrogen-bond donors (Lipinski definition) is 0. The number of alkyl halides is 3. The number of ether oxygens (including phenoxy) is 1. The van der Waals surface area contributed by atoms with E-state index in [9.17, 15) is 22.2 Å². The third kappa shape index (κ3) is 5.11. The summed E-state index contributed by atoms with van der Waals surface area (Å²) in [5, 5.41) is 0. The fourth-order valence-corrected chi connectivity index (χ4v) is 4.33. The van der Waals surface area contributed by atoms with E-state index < -0.39 is 28.5 Å². The van der Waals surface area contributed by atoms with Gasteiger partial charge < -0.3 is 4.74 Å². The van der Waals surface area contributed by atoms with Crippen LogP contribution in [0.5, 0.6) is 0 Å². The molecule has 3 rings (SSSR count).